The summed E-state index contributed by atoms with van der Waals surface area (Å²) in [7, 11) is 0. The van der Waals surface area contributed by atoms with E-state index in [1.165, 1.54) is 4.90 Å². The molecule has 3 amide bonds. The van der Waals surface area contributed by atoms with E-state index in [4.69, 9.17) is 5.11 Å². The number of carboxylic acids is 2. The van der Waals surface area contributed by atoms with Gasteiger partial charge in [-0.3, -0.25) is 19.2 Å². The van der Waals surface area contributed by atoms with E-state index in [2.05, 4.69) is 16.0 Å². The van der Waals surface area contributed by atoms with Gasteiger partial charge in [-0.15, -0.1) is 0 Å². The Kier molecular flexibility index (Phi) is 8.16. The fourth-order valence-corrected chi connectivity index (χ4v) is 3.82. The van der Waals surface area contributed by atoms with Gasteiger partial charge in [0.2, 0.25) is 17.7 Å². The smallest absolute Gasteiger partial charge is 0.326 e. The number of amides is 3. The molecule has 2 saturated heterocycles. The van der Waals surface area contributed by atoms with Crippen LogP contribution in [-0.4, -0.2) is 82.0 Å². The Morgan fingerprint density at radius 3 is 2.30 bits per heavy atom. The number of aliphatic carboxylic acids is 2. The number of nitrogens with zero attached hydrogens (tertiary/aromatic N) is 1. The molecule has 168 valence electrons. The highest BCUT2D eigenvalue weighted by atomic mass is 16.4. The first-order valence-electron chi connectivity index (χ1n) is 10.2. The molecule has 0 saturated carbocycles. The minimum Gasteiger partial charge on any atom is -0.481 e. The van der Waals surface area contributed by atoms with E-state index in [0.29, 0.717) is 25.8 Å². The molecule has 0 aromatic heterocycles. The van der Waals surface area contributed by atoms with Gasteiger partial charge < -0.3 is 31.1 Å². The monoisotopic (exact) mass is 426 g/mol. The molecule has 11 heteroatoms. The van der Waals surface area contributed by atoms with E-state index >= 15 is 0 Å². The molecule has 2 rings (SSSR count). The Labute approximate surface area is 174 Å². The van der Waals surface area contributed by atoms with Crippen molar-refractivity contribution in [3.05, 3.63) is 0 Å². The lowest BCUT2D eigenvalue weighted by atomic mass is 10.0. The summed E-state index contributed by atoms with van der Waals surface area (Å²) in [4.78, 5) is 62.0. The van der Waals surface area contributed by atoms with Crippen LogP contribution in [0.1, 0.15) is 46.0 Å². The molecular weight excluding hydrogens is 396 g/mol. The van der Waals surface area contributed by atoms with E-state index in [9.17, 15) is 29.1 Å². The number of carboxylic acid groups (broad SMARTS) is 2. The molecule has 0 spiro atoms. The molecule has 2 aliphatic rings. The van der Waals surface area contributed by atoms with Crippen LogP contribution in [0.15, 0.2) is 0 Å². The van der Waals surface area contributed by atoms with Gasteiger partial charge in [0.15, 0.2) is 0 Å². The maximum Gasteiger partial charge on any atom is 0.326 e. The molecule has 0 radical (unpaired) electrons. The van der Waals surface area contributed by atoms with Crippen LogP contribution in [0.5, 0.6) is 0 Å². The Morgan fingerprint density at radius 2 is 1.77 bits per heavy atom. The summed E-state index contributed by atoms with van der Waals surface area (Å²) in [6.07, 6.45) is 1.91. The first-order chi connectivity index (χ1) is 14.1. The second-order valence-corrected chi connectivity index (χ2v) is 8.07. The van der Waals surface area contributed by atoms with Gasteiger partial charge in [-0.25, -0.2) is 4.79 Å². The van der Waals surface area contributed by atoms with Gasteiger partial charge in [-0.1, -0.05) is 13.8 Å². The number of likely N-dealkylation sites (tertiary alicyclic amines) is 1. The highest BCUT2D eigenvalue weighted by Gasteiger charge is 2.39. The predicted octanol–water partition coefficient (Wildman–Crippen LogP) is -1.09. The third-order valence-electron chi connectivity index (χ3n) is 5.44. The molecule has 4 atom stereocenters. The Morgan fingerprint density at radius 1 is 1.07 bits per heavy atom. The van der Waals surface area contributed by atoms with Crippen molar-refractivity contribution in [2.24, 2.45) is 5.92 Å². The summed E-state index contributed by atoms with van der Waals surface area (Å²) in [6, 6.07) is -3.79. The number of hydrogen-bond acceptors (Lipinski definition) is 6. The van der Waals surface area contributed by atoms with Crippen LogP contribution in [0, 0.1) is 5.92 Å². The van der Waals surface area contributed by atoms with Crippen molar-refractivity contribution in [2.45, 2.75) is 70.1 Å². The summed E-state index contributed by atoms with van der Waals surface area (Å²) < 4.78 is 0. The van der Waals surface area contributed by atoms with Crippen LogP contribution in [-0.2, 0) is 24.0 Å². The molecule has 0 aromatic rings. The Balaban J connectivity index is 2.08. The van der Waals surface area contributed by atoms with Gasteiger partial charge in [-0.2, -0.15) is 0 Å². The molecule has 11 nitrogen and oxygen atoms in total. The van der Waals surface area contributed by atoms with Crippen molar-refractivity contribution in [2.75, 3.05) is 13.1 Å². The van der Waals surface area contributed by atoms with Crippen molar-refractivity contribution in [1.82, 2.24) is 20.9 Å². The zero-order chi connectivity index (χ0) is 22.4. The SMILES string of the molecule is CC(C)C(NC(=O)C(CC(=O)O)NC(=O)C1CCCN1C(=O)C1CCCN1)C(=O)O. The Hall–Kier alpha value is -2.69. The molecule has 0 aliphatic carbocycles. The minimum absolute atomic E-state index is 0.171. The van der Waals surface area contributed by atoms with Gasteiger partial charge in [0.25, 0.3) is 0 Å². The largest absolute Gasteiger partial charge is 0.481 e. The second-order valence-electron chi connectivity index (χ2n) is 8.07. The second kappa shape index (κ2) is 10.4. The van der Waals surface area contributed by atoms with Crippen molar-refractivity contribution >= 4 is 29.7 Å². The zero-order valence-electron chi connectivity index (χ0n) is 17.2. The number of nitrogens with one attached hydrogen (secondary N) is 3. The third kappa shape index (κ3) is 5.91. The highest BCUT2D eigenvalue weighted by molar-refractivity contribution is 5.96. The maximum absolute atomic E-state index is 12.8. The van der Waals surface area contributed by atoms with Crippen molar-refractivity contribution in [3.63, 3.8) is 0 Å². The average Bonchev–Trinajstić information content (AvgIpc) is 3.35. The third-order valence-corrected chi connectivity index (χ3v) is 5.44. The van der Waals surface area contributed by atoms with Crippen LogP contribution in [0.2, 0.25) is 0 Å². The van der Waals surface area contributed by atoms with Crippen LogP contribution in [0.4, 0.5) is 0 Å². The van der Waals surface area contributed by atoms with Crippen LogP contribution < -0.4 is 16.0 Å². The standard InChI is InChI=1S/C19H30N4O7/c1-10(2)15(19(29)30)22-16(26)12(9-14(24)25)21-17(27)13-6-4-8-23(13)18(28)11-5-3-7-20-11/h10-13,15,20H,3-9H2,1-2H3,(H,21,27)(H,22,26)(H,24,25)(H,29,30). The predicted molar refractivity (Wildman–Crippen MR) is 104 cm³/mol. The summed E-state index contributed by atoms with van der Waals surface area (Å²) in [5.41, 5.74) is 0. The molecule has 5 N–H and O–H groups in total. The zero-order valence-corrected chi connectivity index (χ0v) is 17.2. The van der Waals surface area contributed by atoms with E-state index in [0.717, 1.165) is 13.0 Å². The summed E-state index contributed by atoms with van der Waals surface area (Å²) in [6.45, 7) is 4.35. The van der Waals surface area contributed by atoms with Gasteiger partial charge in [0.05, 0.1) is 12.5 Å². The van der Waals surface area contributed by atoms with E-state index in [1.807, 2.05) is 0 Å². The fourth-order valence-electron chi connectivity index (χ4n) is 3.82. The number of hydrogen-bond donors (Lipinski definition) is 5. The molecule has 2 fully saturated rings. The first kappa shape index (κ1) is 23.6. The van der Waals surface area contributed by atoms with Gasteiger partial charge in [0, 0.05) is 6.54 Å². The highest BCUT2D eigenvalue weighted by Crippen LogP contribution is 2.21. The van der Waals surface area contributed by atoms with Crippen LogP contribution in [0.3, 0.4) is 0 Å². The Bertz CT molecular complexity index is 690. The lowest BCUT2D eigenvalue weighted by molar-refractivity contribution is -0.145. The number of carbonyl (C=O) groups is 5. The normalized spacial score (nSPS) is 23.1. The molecular formula is C19H30N4O7. The number of carbonyl (C=O) groups excluding carboxylic acids is 3. The van der Waals surface area contributed by atoms with Gasteiger partial charge in [0.1, 0.15) is 18.1 Å². The van der Waals surface area contributed by atoms with E-state index in [1.54, 1.807) is 13.8 Å². The molecule has 2 aliphatic heterocycles. The van der Waals surface area contributed by atoms with E-state index in [-0.39, 0.29) is 11.9 Å². The summed E-state index contributed by atoms with van der Waals surface area (Å²) in [5, 5.41) is 26.2. The summed E-state index contributed by atoms with van der Waals surface area (Å²) in [5.74, 6) is -4.68. The first-order valence-corrected chi connectivity index (χ1v) is 10.2. The molecule has 4 unspecified atom stereocenters. The van der Waals surface area contributed by atoms with Crippen molar-refractivity contribution in [3.8, 4) is 0 Å². The average molecular weight is 426 g/mol. The molecule has 2 heterocycles. The van der Waals surface area contributed by atoms with Crippen molar-refractivity contribution in [1.29, 1.82) is 0 Å². The molecule has 0 aromatic carbocycles. The van der Waals surface area contributed by atoms with Crippen LogP contribution >= 0.6 is 0 Å². The number of rotatable bonds is 9. The molecule has 0 bridgehead atoms. The minimum atomic E-state index is -1.45. The summed E-state index contributed by atoms with van der Waals surface area (Å²) >= 11 is 0. The molecule has 30 heavy (non-hydrogen) atoms. The fraction of sp³-hybridized carbons (Fsp3) is 0.737. The lowest BCUT2D eigenvalue weighted by Crippen LogP contribution is -2.57. The maximum atomic E-state index is 12.8. The van der Waals surface area contributed by atoms with Gasteiger partial charge >= 0.3 is 11.9 Å². The van der Waals surface area contributed by atoms with Gasteiger partial charge in [-0.05, 0) is 38.1 Å². The topological polar surface area (TPSA) is 165 Å². The lowest BCUT2D eigenvalue weighted by Gasteiger charge is -2.28. The quantitative estimate of drug-likeness (QED) is 0.310. The van der Waals surface area contributed by atoms with Crippen molar-refractivity contribution < 1.29 is 34.2 Å². The van der Waals surface area contributed by atoms with Crippen LogP contribution in [0.25, 0.3) is 0 Å². The van der Waals surface area contributed by atoms with E-state index < -0.39 is 54.2 Å².